The second-order valence-corrected chi connectivity index (χ2v) is 2.94. The molecule has 0 unspecified atom stereocenters. The third-order valence-corrected chi connectivity index (χ3v) is 1.98. The van der Waals surface area contributed by atoms with Crippen LogP contribution in [-0.4, -0.2) is 23.7 Å². The summed E-state index contributed by atoms with van der Waals surface area (Å²) >= 11 is 0. The Morgan fingerprint density at radius 3 is 3.00 bits per heavy atom. The summed E-state index contributed by atoms with van der Waals surface area (Å²) in [6, 6.07) is 8.02. The first-order chi connectivity index (χ1) is 6.40. The zero-order valence-corrected chi connectivity index (χ0v) is 7.58. The molecule has 0 atom stereocenters. The van der Waals surface area contributed by atoms with Crippen LogP contribution in [0.1, 0.15) is 5.82 Å². The fourth-order valence-corrected chi connectivity index (χ4v) is 1.32. The number of methoxy groups -OCH3 is 1. The molecule has 0 aliphatic carbocycles. The number of aromatic nitrogens is 2. The molecule has 0 amide bonds. The fourth-order valence-electron chi connectivity index (χ4n) is 1.32. The van der Waals surface area contributed by atoms with Gasteiger partial charge in [-0.05, 0) is 12.1 Å². The number of nitrogens with one attached hydrogen (secondary N) is 1. The summed E-state index contributed by atoms with van der Waals surface area (Å²) in [5.74, 6) is 0.989. The Balaban J connectivity index is 2.28. The van der Waals surface area contributed by atoms with Gasteiger partial charge in [0.25, 0.3) is 0 Å². The van der Waals surface area contributed by atoms with Crippen molar-refractivity contribution in [1.29, 1.82) is 0 Å². The maximum atomic E-state index is 4.98. The van der Waals surface area contributed by atoms with Crippen LogP contribution in [0.2, 0.25) is 0 Å². The van der Waals surface area contributed by atoms with Gasteiger partial charge in [-0.2, -0.15) is 0 Å². The van der Waals surface area contributed by atoms with Crippen molar-refractivity contribution in [1.82, 2.24) is 9.97 Å². The highest BCUT2D eigenvalue weighted by Gasteiger charge is 2.00. The zero-order valence-electron chi connectivity index (χ0n) is 7.58. The van der Waals surface area contributed by atoms with Crippen LogP contribution >= 0.6 is 0 Å². The lowest BCUT2D eigenvalue weighted by molar-refractivity contribution is 0.201. The standard InChI is InChI=1S/C10H12N2O/c1-13-7-6-10-11-8-4-2-3-5-9(8)12-10/h2-5H,6-7H2,1H3,(H,11,12). The second-order valence-electron chi connectivity index (χ2n) is 2.94. The smallest absolute Gasteiger partial charge is 0.109 e. The maximum absolute atomic E-state index is 4.98. The molecule has 1 heterocycles. The van der Waals surface area contributed by atoms with Gasteiger partial charge in [0.1, 0.15) is 5.82 Å². The van der Waals surface area contributed by atoms with Crippen molar-refractivity contribution >= 4 is 11.0 Å². The maximum Gasteiger partial charge on any atom is 0.109 e. The minimum atomic E-state index is 0.708. The molecule has 0 saturated carbocycles. The molecule has 3 nitrogen and oxygen atoms in total. The van der Waals surface area contributed by atoms with Gasteiger partial charge in [0.2, 0.25) is 0 Å². The average molecular weight is 176 g/mol. The van der Waals surface area contributed by atoms with Gasteiger partial charge in [0.15, 0.2) is 0 Å². The van der Waals surface area contributed by atoms with E-state index in [2.05, 4.69) is 9.97 Å². The van der Waals surface area contributed by atoms with Crippen molar-refractivity contribution < 1.29 is 4.74 Å². The number of nitrogens with zero attached hydrogens (tertiary/aromatic N) is 1. The van der Waals surface area contributed by atoms with E-state index in [0.717, 1.165) is 23.3 Å². The van der Waals surface area contributed by atoms with Crippen molar-refractivity contribution in [3.63, 3.8) is 0 Å². The van der Waals surface area contributed by atoms with E-state index < -0.39 is 0 Å². The molecule has 1 aromatic heterocycles. The van der Waals surface area contributed by atoms with Gasteiger partial charge in [-0.3, -0.25) is 0 Å². The Kier molecular flexibility index (Phi) is 2.27. The molecule has 3 heteroatoms. The molecule has 2 rings (SSSR count). The summed E-state index contributed by atoms with van der Waals surface area (Å²) in [5.41, 5.74) is 2.11. The largest absolute Gasteiger partial charge is 0.384 e. The number of para-hydroxylation sites is 2. The molecule has 68 valence electrons. The van der Waals surface area contributed by atoms with Crippen molar-refractivity contribution in [2.75, 3.05) is 13.7 Å². The van der Waals surface area contributed by atoms with E-state index in [0.29, 0.717) is 6.61 Å². The molecule has 1 aromatic carbocycles. The Hall–Kier alpha value is -1.35. The second kappa shape index (κ2) is 3.58. The highest BCUT2D eigenvalue weighted by Crippen LogP contribution is 2.10. The molecule has 2 aromatic rings. The zero-order chi connectivity index (χ0) is 9.10. The van der Waals surface area contributed by atoms with Gasteiger partial charge in [0.05, 0.1) is 17.6 Å². The SMILES string of the molecule is COCCc1nc2ccccc2[nH]1. The van der Waals surface area contributed by atoms with E-state index in [-0.39, 0.29) is 0 Å². The average Bonchev–Trinajstić information content (AvgIpc) is 2.57. The minimum absolute atomic E-state index is 0.708. The van der Waals surface area contributed by atoms with E-state index in [4.69, 9.17) is 4.74 Å². The van der Waals surface area contributed by atoms with Crippen LogP contribution in [-0.2, 0) is 11.2 Å². The number of rotatable bonds is 3. The molecule has 0 saturated heterocycles. The molecule has 13 heavy (non-hydrogen) atoms. The van der Waals surface area contributed by atoms with Crippen molar-refractivity contribution in [3.05, 3.63) is 30.1 Å². The Morgan fingerprint density at radius 2 is 2.23 bits per heavy atom. The summed E-state index contributed by atoms with van der Waals surface area (Å²) in [5, 5.41) is 0. The van der Waals surface area contributed by atoms with Crippen LogP contribution in [0.3, 0.4) is 0 Å². The number of imidazole rings is 1. The first-order valence-electron chi connectivity index (χ1n) is 4.33. The van der Waals surface area contributed by atoms with E-state index in [1.807, 2.05) is 24.3 Å². The van der Waals surface area contributed by atoms with E-state index in [1.165, 1.54) is 0 Å². The van der Waals surface area contributed by atoms with Crippen LogP contribution < -0.4 is 0 Å². The van der Waals surface area contributed by atoms with Crippen LogP contribution in [0.15, 0.2) is 24.3 Å². The third-order valence-electron chi connectivity index (χ3n) is 1.98. The number of hydrogen-bond donors (Lipinski definition) is 1. The molecular formula is C10H12N2O. The molecule has 0 fully saturated rings. The Bertz CT molecular complexity index is 361. The molecule has 0 aliphatic heterocycles. The lowest BCUT2D eigenvalue weighted by Crippen LogP contribution is -1.95. The fraction of sp³-hybridized carbons (Fsp3) is 0.300. The van der Waals surface area contributed by atoms with Crippen molar-refractivity contribution in [2.24, 2.45) is 0 Å². The summed E-state index contributed by atoms with van der Waals surface area (Å²) in [4.78, 5) is 7.65. The molecule has 0 aliphatic rings. The van der Waals surface area contributed by atoms with Gasteiger partial charge < -0.3 is 9.72 Å². The number of H-pyrrole nitrogens is 1. The number of hydrogen-bond acceptors (Lipinski definition) is 2. The van der Waals surface area contributed by atoms with E-state index in [9.17, 15) is 0 Å². The van der Waals surface area contributed by atoms with Gasteiger partial charge >= 0.3 is 0 Å². The number of ether oxygens (including phenoxy) is 1. The molecule has 1 N–H and O–H groups in total. The lowest BCUT2D eigenvalue weighted by atomic mass is 10.3. The van der Waals surface area contributed by atoms with E-state index >= 15 is 0 Å². The first-order valence-corrected chi connectivity index (χ1v) is 4.33. The molecule has 0 spiro atoms. The van der Waals surface area contributed by atoms with E-state index in [1.54, 1.807) is 7.11 Å². The predicted molar refractivity (Wildman–Crippen MR) is 51.7 cm³/mol. The van der Waals surface area contributed by atoms with Crippen molar-refractivity contribution in [2.45, 2.75) is 6.42 Å². The number of aromatic amines is 1. The first kappa shape index (κ1) is 8.26. The quantitative estimate of drug-likeness (QED) is 0.773. The van der Waals surface area contributed by atoms with Crippen LogP contribution in [0.4, 0.5) is 0 Å². The molecule has 0 radical (unpaired) electrons. The number of fused-ring (bicyclic) bond motifs is 1. The van der Waals surface area contributed by atoms with Gasteiger partial charge in [-0.15, -0.1) is 0 Å². The Morgan fingerprint density at radius 1 is 1.38 bits per heavy atom. The topological polar surface area (TPSA) is 37.9 Å². The lowest BCUT2D eigenvalue weighted by Gasteiger charge is -1.92. The molecule has 0 bridgehead atoms. The monoisotopic (exact) mass is 176 g/mol. The normalized spacial score (nSPS) is 10.8. The summed E-state index contributed by atoms with van der Waals surface area (Å²) in [7, 11) is 1.70. The highest BCUT2D eigenvalue weighted by atomic mass is 16.5. The number of benzene rings is 1. The van der Waals surface area contributed by atoms with Gasteiger partial charge in [0, 0.05) is 13.5 Å². The third kappa shape index (κ3) is 1.70. The van der Waals surface area contributed by atoms with Crippen molar-refractivity contribution in [3.8, 4) is 0 Å². The van der Waals surface area contributed by atoms with Gasteiger partial charge in [-0.1, -0.05) is 12.1 Å². The predicted octanol–water partition coefficient (Wildman–Crippen LogP) is 1.75. The summed E-state index contributed by atoms with van der Waals surface area (Å²) < 4.78 is 4.98. The molecular weight excluding hydrogens is 164 g/mol. The van der Waals surface area contributed by atoms with Crippen LogP contribution in [0.25, 0.3) is 11.0 Å². The minimum Gasteiger partial charge on any atom is -0.384 e. The Labute approximate surface area is 76.8 Å². The van der Waals surface area contributed by atoms with Gasteiger partial charge in [-0.25, -0.2) is 4.98 Å². The van der Waals surface area contributed by atoms with Crippen LogP contribution in [0, 0.1) is 0 Å². The highest BCUT2D eigenvalue weighted by molar-refractivity contribution is 5.74. The van der Waals surface area contributed by atoms with Crippen LogP contribution in [0.5, 0.6) is 0 Å². The summed E-state index contributed by atoms with van der Waals surface area (Å²) in [6.07, 6.45) is 0.838. The summed E-state index contributed by atoms with van der Waals surface area (Å²) in [6.45, 7) is 0.708.